The fraction of sp³-hybridized carbons (Fsp3) is 0.333. The first-order chi connectivity index (χ1) is 13.0. The maximum Gasteiger partial charge on any atom is 0.253 e. The lowest BCUT2D eigenvalue weighted by Crippen LogP contribution is -2.51. The Kier molecular flexibility index (Phi) is 6.48. The van der Waals surface area contributed by atoms with Gasteiger partial charge in [0.15, 0.2) is 0 Å². The van der Waals surface area contributed by atoms with Crippen molar-refractivity contribution in [3.63, 3.8) is 0 Å². The third-order valence-electron chi connectivity index (χ3n) is 4.79. The lowest BCUT2D eigenvalue weighted by molar-refractivity contribution is -0.123. The molecule has 1 saturated heterocycles. The lowest BCUT2D eigenvalue weighted by Gasteiger charge is -2.34. The highest BCUT2D eigenvalue weighted by molar-refractivity contribution is 6.30. The molecule has 27 heavy (non-hydrogen) atoms. The van der Waals surface area contributed by atoms with Crippen LogP contribution < -0.4 is 5.32 Å². The Morgan fingerprint density at radius 2 is 1.63 bits per heavy atom. The Bertz CT molecular complexity index is 772. The molecule has 142 valence electrons. The third-order valence-corrected chi connectivity index (χ3v) is 5.05. The number of hydrogen-bond acceptors (Lipinski definition) is 3. The van der Waals surface area contributed by atoms with Crippen LogP contribution in [0, 0.1) is 0 Å². The van der Waals surface area contributed by atoms with Crippen molar-refractivity contribution in [1.82, 2.24) is 15.1 Å². The summed E-state index contributed by atoms with van der Waals surface area (Å²) in [6.45, 7) is 4.95. The van der Waals surface area contributed by atoms with Gasteiger partial charge in [-0.2, -0.15) is 0 Å². The van der Waals surface area contributed by atoms with E-state index >= 15 is 0 Å². The summed E-state index contributed by atoms with van der Waals surface area (Å²) in [6, 6.07) is 16.7. The van der Waals surface area contributed by atoms with Gasteiger partial charge in [-0.25, -0.2) is 0 Å². The normalized spacial score (nSPS) is 16.0. The maximum atomic E-state index is 12.5. The van der Waals surface area contributed by atoms with Crippen LogP contribution in [0.25, 0.3) is 0 Å². The predicted molar refractivity (Wildman–Crippen MR) is 107 cm³/mol. The van der Waals surface area contributed by atoms with Gasteiger partial charge in [0, 0.05) is 36.8 Å². The number of carbonyl (C=O) groups excluding carboxylic acids is 2. The number of halogens is 1. The van der Waals surface area contributed by atoms with Crippen LogP contribution in [-0.4, -0.2) is 54.3 Å². The molecule has 5 nitrogen and oxygen atoms in total. The average molecular weight is 386 g/mol. The minimum Gasteiger partial charge on any atom is -0.348 e. The van der Waals surface area contributed by atoms with Crippen LogP contribution in [0.5, 0.6) is 0 Å². The minimum atomic E-state index is -0.0734. The molecule has 1 N–H and O–H groups in total. The Balaban J connectivity index is 1.45. The van der Waals surface area contributed by atoms with Crippen LogP contribution >= 0.6 is 11.6 Å². The Labute approximate surface area is 164 Å². The molecule has 2 aromatic rings. The van der Waals surface area contributed by atoms with Crippen molar-refractivity contribution in [3.8, 4) is 0 Å². The van der Waals surface area contributed by atoms with E-state index in [2.05, 4.69) is 10.2 Å². The highest BCUT2D eigenvalue weighted by Crippen LogP contribution is 2.16. The Morgan fingerprint density at radius 1 is 1.00 bits per heavy atom. The standard InChI is InChI=1S/C21H24ClN3O2/c1-16(17-7-9-19(22)10-8-17)23-20(26)15-24-11-13-25(14-12-24)21(27)18-5-3-2-4-6-18/h2-10,16H,11-15H2,1H3,(H,23,26)/t16-/m0/s1. The van der Waals surface area contributed by atoms with E-state index in [-0.39, 0.29) is 17.9 Å². The van der Waals surface area contributed by atoms with E-state index in [9.17, 15) is 9.59 Å². The van der Waals surface area contributed by atoms with E-state index in [1.807, 2.05) is 66.4 Å². The first-order valence-corrected chi connectivity index (χ1v) is 9.52. The molecule has 2 amide bonds. The van der Waals surface area contributed by atoms with Crippen molar-refractivity contribution in [1.29, 1.82) is 0 Å². The largest absolute Gasteiger partial charge is 0.348 e. The predicted octanol–water partition coefficient (Wildman–Crippen LogP) is 2.98. The van der Waals surface area contributed by atoms with Gasteiger partial charge < -0.3 is 10.2 Å². The van der Waals surface area contributed by atoms with Gasteiger partial charge in [0.05, 0.1) is 12.6 Å². The first kappa shape index (κ1) is 19.4. The van der Waals surface area contributed by atoms with Crippen molar-refractivity contribution in [2.45, 2.75) is 13.0 Å². The molecule has 2 aromatic carbocycles. The second-order valence-electron chi connectivity index (χ2n) is 6.78. The summed E-state index contributed by atoms with van der Waals surface area (Å²) in [5, 5.41) is 3.70. The molecule has 1 fully saturated rings. The van der Waals surface area contributed by atoms with Crippen molar-refractivity contribution in [3.05, 3.63) is 70.7 Å². The molecule has 0 aromatic heterocycles. The van der Waals surface area contributed by atoms with E-state index in [0.717, 1.165) is 5.56 Å². The SMILES string of the molecule is C[C@H](NC(=O)CN1CCN(C(=O)c2ccccc2)CC1)c1ccc(Cl)cc1. The van der Waals surface area contributed by atoms with Crippen LogP contribution in [0.3, 0.4) is 0 Å². The van der Waals surface area contributed by atoms with Gasteiger partial charge in [0.1, 0.15) is 0 Å². The smallest absolute Gasteiger partial charge is 0.253 e. The molecule has 0 aliphatic carbocycles. The number of carbonyl (C=O) groups is 2. The lowest BCUT2D eigenvalue weighted by atomic mass is 10.1. The summed E-state index contributed by atoms with van der Waals surface area (Å²) in [5.74, 6) is 0.0383. The molecule has 0 saturated carbocycles. The maximum absolute atomic E-state index is 12.5. The van der Waals surface area contributed by atoms with Crippen molar-refractivity contribution < 1.29 is 9.59 Å². The quantitative estimate of drug-likeness (QED) is 0.860. The van der Waals surface area contributed by atoms with Crippen LogP contribution in [-0.2, 0) is 4.79 Å². The topological polar surface area (TPSA) is 52.7 Å². The Hall–Kier alpha value is -2.37. The van der Waals surface area contributed by atoms with Crippen molar-refractivity contribution in [2.24, 2.45) is 0 Å². The zero-order valence-electron chi connectivity index (χ0n) is 15.4. The molecular weight excluding hydrogens is 362 g/mol. The van der Waals surface area contributed by atoms with Crippen molar-refractivity contribution in [2.75, 3.05) is 32.7 Å². The zero-order valence-corrected chi connectivity index (χ0v) is 16.2. The molecule has 0 radical (unpaired) electrons. The number of hydrogen-bond donors (Lipinski definition) is 1. The fourth-order valence-corrected chi connectivity index (χ4v) is 3.32. The molecule has 1 aliphatic rings. The summed E-state index contributed by atoms with van der Waals surface area (Å²) >= 11 is 5.90. The van der Waals surface area contributed by atoms with Crippen LogP contribution in [0.1, 0.15) is 28.9 Å². The third kappa shape index (κ3) is 5.31. The summed E-state index contributed by atoms with van der Waals surface area (Å²) in [5.41, 5.74) is 1.73. The molecule has 0 bridgehead atoms. The molecule has 6 heteroatoms. The van der Waals surface area contributed by atoms with Gasteiger partial charge in [0.25, 0.3) is 5.91 Å². The molecule has 1 heterocycles. The van der Waals surface area contributed by atoms with Gasteiger partial charge in [-0.05, 0) is 36.8 Å². The van der Waals surface area contributed by atoms with E-state index in [4.69, 9.17) is 11.6 Å². The highest BCUT2D eigenvalue weighted by Gasteiger charge is 2.23. The fourth-order valence-electron chi connectivity index (χ4n) is 3.20. The van der Waals surface area contributed by atoms with Gasteiger partial charge in [0.2, 0.25) is 5.91 Å². The van der Waals surface area contributed by atoms with E-state index in [1.165, 1.54) is 0 Å². The van der Waals surface area contributed by atoms with Gasteiger partial charge in [-0.15, -0.1) is 0 Å². The van der Waals surface area contributed by atoms with Gasteiger partial charge >= 0.3 is 0 Å². The van der Waals surface area contributed by atoms with Gasteiger partial charge in [-0.1, -0.05) is 41.9 Å². The van der Waals surface area contributed by atoms with Crippen LogP contribution in [0.15, 0.2) is 54.6 Å². The zero-order chi connectivity index (χ0) is 19.2. The average Bonchev–Trinajstić information content (AvgIpc) is 2.69. The monoisotopic (exact) mass is 385 g/mol. The number of rotatable bonds is 5. The second kappa shape index (κ2) is 9.02. The van der Waals surface area contributed by atoms with E-state index in [0.29, 0.717) is 43.3 Å². The number of nitrogens with one attached hydrogen (secondary N) is 1. The number of benzene rings is 2. The number of amides is 2. The summed E-state index contributed by atoms with van der Waals surface area (Å²) in [6.07, 6.45) is 0. The Morgan fingerprint density at radius 3 is 2.26 bits per heavy atom. The van der Waals surface area contributed by atoms with Gasteiger partial charge in [-0.3, -0.25) is 14.5 Å². The minimum absolute atomic E-state index is 0.0136. The number of nitrogens with zero attached hydrogens (tertiary/aromatic N) is 2. The summed E-state index contributed by atoms with van der Waals surface area (Å²) in [7, 11) is 0. The first-order valence-electron chi connectivity index (χ1n) is 9.14. The second-order valence-corrected chi connectivity index (χ2v) is 7.21. The van der Waals surface area contributed by atoms with Crippen LogP contribution in [0.4, 0.5) is 0 Å². The molecule has 1 aliphatic heterocycles. The molecule has 1 atom stereocenters. The molecule has 3 rings (SSSR count). The molecule has 0 spiro atoms. The molecular formula is C21H24ClN3O2. The number of piperazine rings is 1. The van der Waals surface area contributed by atoms with E-state index in [1.54, 1.807) is 0 Å². The van der Waals surface area contributed by atoms with Crippen LogP contribution in [0.2, 0.25) is 5.02 Å². The van der Waals surface area contributed by atoms with Crippen molar-refractivity contribution >= 4 is 23.4 Å². The van der Waals surface area contributed by atoms with E-state index < -0.39 is 0 Å². The highest BCUT2D eigenvalue weighted by atomic mass is 35.5. The summed E-state index contributed by atoms with van der Waals surface area (Å²) in [4.78, 5) is 28.7. The molecule has 0 unspecified atom stereocenters. The summed E-state index contributed by atoms with van der Waals surface area (Å²) < 4.78 is 0.